The summed E-state index contributed by atoms with van der Waals surface area (Å²) in [5.74, 6) is -1.98. The van der Waals surface area contributed by atoms with Crippen LogP contribution >= 0.6 is 0 Å². The molecule has 2 unspecified atom stereocenters. The highest BCUT2D eigenvalue weighted by Gasteiger charge is 2.25. The van der Waals surface area contributed by atoms with Crippen molar-refractivity contribution < 1.29 is 42.9 Å². The van der Waals surface area contributed by atoms with E-state index < -0.39 is 24.3 Å². The largest absolute Gasteiger partial charge is 0.477 e. The summed E-state index contributed by atoms with van der Waals surface area (Å²) in [7, 11) is 5.99. The Balaban J connectivity index is 3.97. The summed E-state index contributed by atoms with van der Waals surface area (Å²) in [6.07, 6.45) is 86.9. The number of carboxylic acids is 1. The van der Waals surface area contributed by atoms with E-state index in [0.29, 0.717) is 17.4 Å². The second-order valence-electron chi connectivity index (χ2n) is 26.9. The van der Waals surface area contributed by atoms with E-state index in [-0.39, 0.29) is 32.2 Å². The van der Waals surface area contributed by atoms with Crippen LogP contribution in [0.5, 0.6) is 0 Å². The van der Waals surface area contributed by atoms with E-state index in [2.05, 4.69) is 62.5 Å². The van der Waals surface area contributed by atoms with Gasteiger partial charge in [0.25, 0.3) is 6.29 Å². The Morgan fingerprint density at radius 3 is 0.977 bits per heavy atom. The van der Waals surface area contributed by atoms with E-state index in [1.807, 2.05) is 21.1 Å². The number of unbranched alkanes of at least 4 members (excludes halogenated alkanes) is 48. The topological polar surface area (TPSA) is 108 Å². The van der Waals surface area contributed by atoms with Crippen molar-refractivity contribution in [3.8, 4) is 0 Å². The minimum absolute atomic E-state index is 0.179. The van der Waals surface area contributed by atoms with Gasteiger partial charge in [0.05, 0.1) is 34.4 Å². The van der Waals surface area contributed by atoms with Crippen LogP contribution in [0.15, 0.2) is 48.6 Å². The lowest BCUT2D eigenvalue weighted by atomic mass is 10.0. The first kappa shape index (κ1) is 84.2. The number of hydrogen-bond acceptors (Lipinski definition) is 7. The third-order valence-corrected chi connectivity index (χ3v) is 17.1. The Bertz CT molecular complexity index is 1570. The van der Waals surface area contributed by atoms with Gasteiger partial charge in [-0.15, -0.1) is 0 Å². The lowest BCUT2D eigenvalue weighted by Gasteiger charge is -2.25. The number of carboxylic acid groups (broad SMARTS) is 1. The highest BCUT2D eigenvalue weighted by Crippen LogP contribution is 2.20. The molecule has 9 nitrogen and oxygen atoms in total. The van der Waals surface area contributed by atoms with Gasteiger partial charge in [-0.05, 0) is 51.4 Å². The van der Waals surface area contributed by atoms with Crippen molar-refractivity contribution >= 4 is 17.9 Å². The van der Waals surface area contributed by atoms with Gasteiger partial charge in [-0.1, -0.05) is 358 Å². The molecule has 0 aliphatic rings. The number of quaternary nitrogens is 1. The summed E-state index contributed by atoms with van der Waals surface area (Å²) < 4.78 is 23.0. The van der Waals surface area contributed by atoms with Gasteiger partial charge in [0.15, 0.2) is 6.10 Å². The maximum Gasteiger partial charge on any atom is 0.361 e. The van der Waals surface area contributed by atoms with Crippen LogP contribution in [0, 0.1) is 0 Å². The van der Waals surface area contributed by atoms with E-state index in [1.54, 1.807) is 0 Å². The molecule has 87 heavy (non-hydrogen) atoms. The molecule has 0 aliphatic heterocycles. The summed E-state index contributed by atoms with van der Waals surface area (Å²) in [5.41, 5.74) is 0. The molecular formula is C78H146NO8+. The lowest BCUT2D eigenvalue weighted by Crippen LogP contribution is -2.40. The Kier molecular flexibility index (Phi) is 67.0. The van der Waals surface area contributed by atoms with Crippen LogP contribution in [0.3, 0.4) is 0 Å². The van der Waals surface area contributed by atoms with Crippen molar-refractivity contribution in [2.75, 3.05) is 47.5 Å². The van der Waals surface area contributed by atoms with Crippen molar-refractivity contribution in [3.63, 3.8) is 0 Å². The molecule has 0 saturated carbocycles. The van der Waals surface area contributed by atoms with Crippen LogP contribution in [0.25, 0.3) is 0 Å². The van der Waals surface area contributed by atoms with Crippen LogP contribution < -0.4 is 0 Å². The number of allylic oxidation sites excluding steroid dienone is 8. The highest BCUT2D eigenvalue weighted by atomic mass is 16.7. The molecule has 0 amide bonds. The second-order valence-corrected chi connectivity index (χ2v) is 26.9. The Morgan fingerprint density at radius 1 is 0.356 bits per heavy atom. The second kappa shape index (κ2) is 69.1. The molecule has 0 fully saturated rings. The van der Waals surface area contributed by atoms with E-state index >= 15 is 0 Å². The van der Waals surface area contributed by atoms with Crippen molar-refractivity contribution in [1.29, 1.82) is 0 Å². The molecule has 0 aromatic rings. The van der Waals surface area contributed by atoms with E-state index in [9.17, 15) is 19.5 Å². The number of carbonyl (C=O) groups is 3. The van der Waals surface area contributed by atoms with Gasteiger partial charge >= 0.3 is 17.9 Å². The standard InChI is InChI=1S/C78H145NO8/c1-6-8-10-12-14-16-18-20-22-24-26-28-30-32-33-34-35-36-37-38-39-40-41-42-43-45-46-48-50-52-54-56-58-60-62-64-66-68-75(80)85-72-74(73-86-78(77(82)83)84-71-70-79(3,4)5)87-76(81)69-67-65-63-61-59-57-55-53-51-49-47-44-31-29-27-25-23-21-19-17-15-13-11-9-7-2/h9,11,15,17,21,23,27,29,74,78H,6-8,10,12-14,16,18-20,22,24-26,28,30-73H2,1-5H3/p+1/b11-9-,17-15-,23-21-,29-27-. The zero-order chi connectivity index (χ0) is 63.3. The van der Waals surface area contributed by atoms with Crippen molar-refractivity contribution in [3.05, 3.63) is 48.6 Å². The minimum atomic E-state index is -1.51. The Labute approximate surface area is 540 Å². The third kappa shape index (κ3) is 70.6. The molecule has 0 spiro atoms. The fourth-order valence-electron chi connectivity index (χ4n) is 11.4. The molecule has 2 atom stereocenters. The van der Waals surface area contributed by atoms with Crippen molar-refractivity contribution in [1.82, 2.24) is 0 Å². The molecule has 0 radical (unpaired) electrons. The fourth-order valence-corrected chi connectivity index (χ4v) is 11.4. The molecule has 0 heterocycles. The van der Waals surface area contributed by atoms with E-state index in [0.717, 1.165) is 64.2 Å². The van der Waals surface area contributed by atoms with Gasteiger partial charge in [-0.2, -0.15) is 0 Å². The average molecular weight is 1230 g/mol. The number of esters is 2. The predicted molar refractivity (Wildman–Crippen MR) is 374 cm³/mol. The normalized spacial score (nSPS) is 12.9. The maximum absolute atomic E-state index is 12.9. The molecule has 1 N–H and O–H groups in total. The number of nitrogens with zero attached hydrogens (tertiary/aromatic N) is 1. The summed E-state index contributed by atoms with van der Waals surface area (Å²) in [5, 5.41) is 9.75. The number of likely N-dealkylation sites (N-methyl/N-ethyl adjacent to an activating group) is 1. The first-order valence-corrected chi connectivity index (χ1v) is 37.8. The van der Waals surface area contributed by atoms with Crippen LogP contribution in [-0.4, -0.2) is 87.4 Å². The SMILES string of the molecule is CC/C=C\C/C=C\C/C=C\C/C=C\CCCCCCCCCCCCCCC(=O)OC(COC(=O)CCCCCCCCCCCCCCCCCCCCCCCCCCCCCCCCCCCCCCC)COC(OCC[N+](C)(C)C)C(=O)O. The number of aliphatic carboxylic acids is 1. The predicted octanol–water partition coefficient (Wildman–Crippen LogP) is 23.7. The first-order valence-electron chi connectivity index (χ1n) is 37.8. The number of hydrogen-bond donors (Lipinski definition) is 1. The highest BCUT2D eigenvalue weighted by molar-refractivity contribution is 5.71. The molecule has 9 heteroatoms. The summed E-state index contributed by atoms with van der Waals surface area (Å²) in [4.78, 5) is 37.7. The molecule has 0 rings (SSSR count). The Hall–Kier alpha value is -2.75. The summed E-state index contributed by atoms with van der Waals surface area (Å²) in [6.45, 7) is 4.83. The quantitative estimate of drug-likeness (QED) is 0.0211. The average Bonchev–Trinajstić information content (AvgIpc) is 3.59. The fraction of sp³-hybridized carbons (Fsp3) is 0.859. The molecule has 0 aromatic heterocycles. The van der Waals surface area contributed by atoms with Gasteiger partial charge < -0.3 is 28.5 Å². The van der Waals surface area contributed by atoms with Gasteiger partial charge in [-0.25, -0.2) is 4.79 Å². The lowest BCUT2D eigenvalue weighted by molar-refractivity contribution is -0.870. The molecule has 510 valence electrons. The van der Waals surface area contributed by atoms with E-state index in [1.165, 1.54) is 283 Å². The molecular weight excluding hydrogens is 1080 g/mol. The molecule has 0 bridgehead atoms. The first-order chi connectivity index (χ1) is 42.6. The van der Waals surface area contributed by atoms with E-state index in [4.69, 9.17) is 18.9 Å². The van der Waals surface area contributed by atoms with Gasteiger partial charge in [0.2, 0.25) is 0 Å². The smallest absolute Gasteiger partial charge is 0.361 e. The van der Waals surface area contributed by atoms with Crippen LogP contribution in [0.4, 0.5) is 0 Å². The molecule has 0 aliphatic carbocycles. The molecule has 0 aromatic carbocycles. The number of carbonyl (C=O) groups excluding carboxylic acids is 2. The van der Waals surface area contributed by atoms with Crippen molar-refractivity contribution in [2.24, 2.45) is 0 Å². The van der Waals surface area contributed by atoms with Gasteiger partial charge in [-0.3, -0.25) is 9.59 Å². The summed E-state index contributed by atoms with van der Waals surface area (Å²) >= 11 is 0. The maximum atomic E-state index is 12.9. The molecule has 0 saturated heterocycles. The number of rotatable bonds is 71. The minimum Gasteiger partial charge on any atom is -0.477 e. The van der Waals surface area contributed by atoms with Crippen molar-refractivity contribution in [2.45, 2.75) is 386 Å². The zero-order valence-electron chi connectivity index (χ0n) is 58.5. The Morgan fingerprint density at radius 2 is 0.655 bits per heavy atom. The van der Waals surface area contributed by atoms with Crippen LogP contribution in [0.2, 0.25) is 0 Å². The van der Waals surface area contributed by atoms with Crippen LogP contribution in [-0.2, 0) is 33.3 Å². The van der Waals surface area contributed by atoms with Gasteiger partial charge in [0.1, 0.15) is 13.2 Å². The number of ether oxygens (including phenoxy) is 4. The third-order valence-electron chi connectivity index (χ3n) is 17.1. The summed E-state index contributed by atoms with van der Waals surface area (Å²) in [6, 6.07) is 0. The van der Waals surface area contributed by atoms with Crippen LogP contribution in [0.1, 0.15) is 373 Å². The van der Waals surface area contributed by atoms with Gasteiger partial charge in [0, 0.05) is 12.8 Å². The monoisotopic (exact) mass is 1230 g/mol. The zero-order valence-corrected chi connectivity index (χ0v) is 58.5.